The van der Waals surface area contributed by atoms with Crippen LogP contribution < -0.4 is 5.32 Å². The third-order valence-electron chi connectivity index (χ3n) is 3.98. The van der Waals surface area contributed by atoms with E-state index in [1.54, 1.807) is 5.57 Å². The molecule has 1 aliphatic rings. The van der Waals surface area contributed by atoms with Crippen LogP contribution >= 0.6 is 0 Å². The lowest BCUT2D eigenvalue weighted by atomic mass is 9.90. The maximum atomic E-state index is 3.74. The summed E-state index contributed by atoms with van der Waals surface area (Å²) in [6, 6.07) is 11.5. The highest BCUT2D eigenvalue weighted by molar-refractivity contribution is 5.18. The summed E-state index contributed by atoms with van der Waals surface area (Å²) in [5.74, 6) is 0. The van der Waals surface area contributed by atoms with Crippen LogP contribution in [0.4, 0.5) is 0 Å². The summed E-state index contributed by atoms with van der Waals surface area (Å²) in [6.07, 6.45) is 11.5. The lowest BCUT2D eigenvalue weighted by Gasteiger charge is -2.24. The van der Waals surface area contributed by atoms with E-state index >= 15 is 0 Å². The van der Waals surface area contributed by atoms with E-state index in [4.69, 9.17) is 0 Å². The highest BCUT2D eigenvalue weighted by Crippen LogP contribution is 2.23. The number of benzene rings is 1. The molecule has 1 atom stereocenters. The molecule has 0 saturated carbocycles. The second-order valence-electron chi connectivity index (χ2n) is 5.56. The van der Waals surface area contributed by atoms with Crippen LogP contribution in [0.3, 0.4) is 0 Å². The average molecular weight is 257 g/mol. The van der Waals surface area contributed by atoms with E-state index in [-0.39, 0.29) is 0 Å². The Labute approximate surface area is 118 Å². The zero-order valence-electron chi connectivity index (χ0n) is 12.2. The lowest BCUT2D eigenvalue weighted by Crippen LogP contribution is -2.32. The van der Waals surface area contributed by atoms with Crippen LogP contribution in [0, 0.1) is 0 Å². The van der Waals surface area contributed by atoms with Gasteiger partial charge in [-0.05, 0) is 57.1 Å². The third kappa shape index (κ3) is 4.83. The number of hydrogen-bond donors (Lipinski definition) is 1. The monoisotopic (exact) mass is 257 g/mol. The van der Waals surface area contributed by atoms with Crippen molar-refractivity contribution in [2.45, 2.75) is 57.9 Å². The van der Waals surface area contributed by atoms with Gasteiger partial charge < -0.3 is 5.32 Å². The smallest absolute Gasteiger partial charge is 0.0282 e. The molecule has 0 bridgehead atoms. The van der Waals surface area contributed by atoms with Crippen molar-refractivity contribution in [1.82, 2.24) is 5.32 Å². The Kier molecular flexibility index (Phi) is 6.16. The molecule has 0 heterocycles. The van der Waals surface area contributed by atoms with E-state index in [0.717, 1.165) is 6.54 Å². The molecule has 0 aromatic heterocycles. The molecule has 2 rings (SSSR count). The van der Waals surface area contributed by atoms with Crippen molar-refractivity contribution in [3.05, 3.63) is 47.5 Å². The van der Waals surface area contributed by atoms with Gasteiger partial charge in [-0.1, -0.05) is 48.9 Å². The minimum atomic E-state index is 0.598. The molecule has 1 unspecified atom stereocenters. The maximum absolute atomic E-state index is 3.74. The molecule has 1 aromatic carbocycles. The fourth-order valence-electron chi connectivity index (χ4n) is 2.87. The SMILES string of the molecule is CCCNC(CCc1ccccc1)C1=CCCCC1. The quantitative estimate of drug-likeness (QED) is 0.710. The predicted molar refractivity (Wildman–Crippen MR) is 83.4 cm³/mol. The van der Waals surface area contributed by atoms with E-state index in [9.17, 15) is 0 Å². The highest BCUT2D eigenvalue weighted by Gasteiger charge is 2.15. The van der Waals surface area contributed by atoms with Crippen molar-refractivity contribution < 1.29 is 0 Å². The van der Waals surface area contributed by atoms with Gasteiger partial charge in [0.2, 0.25) is 0 Å². The van der Waals surface area contributed by atoms with Crippen molar-refractivity contribution in [2.24, 2.45) is 0 Å². The molecule has 1 N–H and O–H groups in total. The van der Waals surface area contributed by atoms with Crippen LogP contribution in [0.1, 0.15) is 51.0 Å². The number of nitrogens with one attached hydrogen (secondary N) is 1. The number of rotatable bonds is 7. The summed E-state index contributed by atoms with van der Waals surface area (Å²) in [4.78, 5) is 0. The first-order chi connectivity index (χ1) is 9.40. The molecule has 0 saturated heterocycles. The zero-order valence-corrected chi connectivity index (χ0v) is 12.2. The Morgan fingerprint density at radius 2 is 2.00 bits per heavy atom. The Balaban J connectivity index is 1.91. The van der Waals surface area contributed by atoms with Crippen LogP contribution in [0.5, 0.6) is 0 Å². The Bertz CT molecular complexity index is 380. The van der Waals surface area contributed by atoms with Crippen LogP contribution in [0.25, 0.3) is 0 Å². The predicted octanol–water partition coefficient (Wildman–Crippen LogP) is 4.49. The summed E-state index contributed by atoms with van der Waals surface area (Å²) in [7, 11) is 0. The Morgan fingerprint density at radius 1 is 1.16 bits per heavy atom. The molecule has 0 radical (unpaired) electrons. The van der Waals surface area contributed by atoms with Gasteiger partial charge in [-0.2, -0.15) is 0 Å². The van der Waals surface area contributed by atoms with Crippen molar-refractivity contribution >= 4 is 0 Å². The molecule has 1 aromatic rings. The molecule has 0 aliphatic heterocycles. The molecular formula is C18H27N. The number of hydrogen-bond acceptors (Lipinski definition) is 1. The highest BCUT2D eigenvalue weighted by atomic mass is 14.9. The summed E-state index contributed by atoms with van der Waals surface area (Å²) >= 11 is 0. The Hall–Kier alpha value is -1.08. The van der Waals surface area contributed by atoms with Crippen LogP contribution in [-0.2, 0) is 6.42 Å². The van der Waals surface area contributed by atoms with Gasteiger partial charge >= 0.3 is 0 Å². The largest absolute Gasteiger partial charge is 0.310 e. The van der Waals surface area contributed by atoms with E-state index in [1.165, 1.54) is 50.5 Å². The standard InChI is InChI=1S/C18H27N/c1-2-15-19-18(17-11-7-4-8-12-17)14-13-16-9-5-3-6-10-16/h3,5-6,9-11,18-19H,2,4,7-8,12-15H2,1H3. The van der Waals surface area contributed by atoms with Gasteiger partial charge in [0.25, 0.3) is 0 Å². The second kappa shape index (κ2) is 8.16. The Morgan fingerprint density at radius 3 is 2.68 bits per heavy atom. The minimum absolute atomic E-state index is 0.598. The molecule has 1 aliphatic carbocycles. The number of aryl methyl sites for hydroxylation is 1. The lowest BCUT2D eigenvalue weighted by molar-refractivity contribution is 0.502. The van der Waals surface area contributed by atoms with E-state index in [1.807, 2.05) is 0 Å². The minimum Gasteiger partial charge on any atom is -0.310 e. The van der Waals surface area contributed by atoms with Gasteiger partial charge in [0.15, 0.2) is 0 Å². The summed E-state index contributed by atoms with van der Waals surface area (Å²) in [5, 5.41) is 3.74. The first-order valence-electron chi connectivity index (χ1n) is 7.86. The molecule has 1 nitrogen and oxygen atoms in total. The van der Waals surface area contributed by atoms with E-state index < -0.39 is 0 Å². The molecule has 0 spiro atoms. The fraction of sp³-hybridized carbons (Fsp3) is 0.556. The maximum Gasteiger partial charge on any atom is 0.0282 e. The fourth-order valence-corrected chi connectivity index (χ4v) is 2.87. The number of allylic oxidation sites excluding steroid dienone is 1. The van der Waals surface area contributed by atoms with Crippen molar-refractivity contribution in [3.8, 4) is 0 Å². The molecule has 1 heteroatoms. The third-order valence-corrected chi connectivity index (χ3v) is 3.98. The van der Waals surface area contributed by atoms with Gasteiger partial charge in [0.1, 0.15) is 0 Å². The van der Waals surface area contributed by atoms with Crippen LogP contribution in [0.2, 0.25) is 0 Å². The van der Waals surface area contributed by atoms with Gasteiger partial charge in [-0.3, -0.25) is 0 Å². The molecule has 0 fully saturated rings. The van der Waals surface area contributed by atoms with Gasteiger partial charge in [-0.25, -0.2) is 0 Å². The van der Waals surface area contributed by atoms with Gasteiger partial charge in [0, 0.05) is 6.04 Å². The second-order valence-corrected chi connectivity index (χ2v) is 5.56. The van der Waals surface area contributed by atoms with E-state index in [2.05, 4.69) is 48.6 Å². The molecule has 104 valence electrons. The topological polar surface area (TPSA) is 12.0 Å². The first kappa shape index (κ1) is 14.3. The average Bonchev–Trinajstić information content (AvgIpc) is 2.49. The summed E-state index contributed by atoms with van der Waals surface area (Å²) < 4.78 is 0. The van der Waals surface area contributed by atoms with Crippen molar-refractivity contribution in [2.75, 3.05) is 6.54 Å². The van der Waals surface area contributed by atoms with Crippen molar-refractivity contribution in [1.29, 1.82) is 0 Å². The van der Waals surface area contributed by atoms with Crippen molar-refractivity contribution in [3.63, 3.8) is 0 Å². The van der Waals surface area contributed by atoms with Crippen LogP contribution in [-0.4, -0.2) is 12.6 Å². The van der Waals surface area contributed by atoms with Gasteiger partial charge in [0.05, 0.1) is 0 Å². The first-order valence-corrected chi connectivity index (χ1v) is 7.86. The van der Waals surface area contributed by atoms with Crippen LogP contribution in [0.15, 0.2) is 42.0 Å². The normalized spacial score (nSPS) is 17.0. The molecule has 0 amide bonds. The zero-order chi connectivity index (χ0) is 13.3. The van der Waals surface area contributed by atoms with Gasteiger partial charge in [-0.15, -0.1) is 0 Å². The summed E-state index contributed by atoms with van der Waals surface area (Å²) in [5.41, 5.74) is 3.12. The molecule has 19 heavy (non-hydrogen) atoms. The summed E-state index contributed by atoms with van der Waals surface area (Å²) in [6.45, 7) is 3.38. The molecular weight excluding hydrogens is 230 g/mol. The van der Waals surface area contributed by atoms with E-state index in [0.29, 0.717) is 6.04 Å².